The first-order valence-electron chi connectivity index (χ1n) is 9.06. The second-order valence-corrected chi connectivity index (χ2v) is 14.5. The van der Waals surface area contributed by atoms with Gasteiger partial charge >= 0.3 is 0 Å². The summed E-state index contributed by atoms with van der Waals surface area (Å²) in [6.07, 6.45) is 7.91. The Hall–Kier alpha value is -0.123. The van der Waals surface area contributed by atoms with Gasteiger partial charge in [-0.1, -0.05) is 39.8 Å². The van der Waals surface area contributed by atoms with Gasteiger partial charge in [0.15, 0.2) is 8.32 Å². The van der Waals surface area contributed by atoms with Gasteiger partial charge in [-0.25, -0.2) is 0 Å². The molecule has 124 valence electrons. The highest BCUT2D eigenvalue weighted by atomic mass is 28.4. The summed E-state index contributed by atoms with van der Waals surface area (Å²) >= 11 is 0. The molecule has 0 N–H and O–H groups in total. The SMILES string of the molecule is COC12[C@H]3C=C[C@@H]1[C@@]21[C@H](O[Si](C)(C)C(C)(C)C)CC[C@H]1[C@H]3C. The molecule has 0 aromatic carbocycles. The van der Waals surface area contributed by atoms with Crippen LogP contribution in [0.3, 0.4) is 0 Å². The first kappa shape index (κ1) is 15.4. The second-order valence-electron chi connectivity index (χ2n) is 9.73. The van der Waals surface area contributed by atoms with E-state index in [2.05, 4.69) is 52.9 Å². The minimum absolute atomic E-state index is 0.0839. The number of rotatable bonds is 3. The molecule has 0 radical (unpaired) electrons. The summed E-state index contributed by atoms with van der Waals surface area (Å²) in [5.41, 5.74) is 0.386. The predicted molar refractivity (Wildman–Crippen MR) is 92.3 cm³/mol. The summed E-state index contributed by atoms with van der Waals surface area (Å²) in [6.45, 7) is 14.3. The molecule has 0 bridgehead atoms. The smallest absolute Gasteiger partial charge is 0.192 e. The van der Waals surface area contributed by atoms with Gasteiger partial charge in [-0.2, -0.15) is 0 Å². The lowest BCUT2D eigenvalue weighted by Gasteiger charge is -2.41. The van der Waals surface area contributed by atoms with E-state index in [0.29, 0.717) is 23.4 Å². The number of ether oxygens (including phenoxy) is 1. The van der Waals surface area contributed by atoms with E-state index in [1.165, 1.54) is 12.8 Å². The predicted octanol–water partition coefficient (Wildman–Crippen LogP) is 4.62. The Kier molecular flexibility index (Phi) is 2.87. The van der Waals surface area contributed by atoms with E-state index in [1.54, 1.807) is 0 Å². The monoisotopic (exact) mass is 320 g/mol. The molecule has 4 aliphatic rings. The summed E-state index contributed by atoms with van der Waals surface area (Å²) in [5.74, 6) is 2.79. The van der Waals surface area contributed by atoms with Crippen molar-refractivity contribution >= 4 is 8.32 Å². The van der Waals surface area contributed by atoms with Crippen LogP contribution in [0.1, 0.15) is 40.5 Å². The third-order valence-electron chi connectivity index (χ3n) is 8.24. The van der Waals surface area contributed by atoms with Gasteiger partial charge in [-0.05, 0) is 42.8 Å². The average Bonchev–Trinajstić information content (AvgIpc) is 2.68. The standard InChI is InChI=1S/C19H32O2Si/c1-12-13-9-11-16(21-22(6,7)17(2,3)4)18(13)15-10-8-14(12)19(15,18)20-5/h8,10,12-16H,9,11H2,1-7H3/t12-,13+,14+,15-,16-,18+,19?/m1/s1. The average molecular weight is 321 g/mol. The molecule has 1 spiro atoms. The van der Waals surface area contributed by atoms with Crippen molar-refractivity contribution in [3.8, 4) is 0 Å². The zero-order chi connectivity index (χ0) is 16.1. The molecule has 1 unspecified atom stereocenters. The van der Waals surface area contributed by atoms with Crippen LogP contribution in [-0.2, 0) is 9.16 Å². The van der Waals surface area contributed by atoms with Crippen molar-refractivity contribution in [1.29, 1.82) is 0 Å². The molecule has 2 nitrogen and oxygen atoms in total. The van der Waals surface area contributed by atoms with Gasteiger partial charge in [-0.3, -0.25) is 0 Å². The molecule has 0 aromatic rings. The first-order chi connectivity index (χ1) is 10.1. The highest BCUT2D eigenvalue weighted by molar-refractivity contribution is 6.74. The van der Waals surface area contributed by atoms with Crippen molar-refractivity contribution in [2.24, 2.45) is 29.1 Å². The van der Waals surface area contributed by atoms with Gasteiger partial charge in [0, 0.05) is 24.4 Å². The van der Waals surface area contributed by atoms with Gasteiger partial charge in [-0.15, -0.1) is 0 Å². The Labute approximate surface area is 136 Å². The fourth-order valence-electron chi connectivity index (χ4n) is 6.38. The maximum absolute atomic E-state index is 6.97. The van der Waals surface area contributed by atoms with E-state index in [1.807, 2.05) is 7.11 Å². The lowest BCUT2D eigenvalue weighted by molar-refractivity contribution is -0.00202. The lowest BCUT2D eigenvalue weighted by atomic mass is 9.83. The molecule has 3 saturated carbocycles. The topological polar surface area (TPSA) is 18.5 Å². The number of hydrogen-bond donors (Lipinski definition) is 0. The van der Waals surface area contributed by atoms with Crippen LogP contribution >= 0.6 is 0 Å². The Balaban J connectivity index is 1.70. The lowest BCUT2D eigenvalue weighted by Crippen LogP contribution is -2.47. The molecule has 7 atom stereocenters. The Morgan fingerprint density at radius 3 is 2.41 bits per heavy atom. The van der Waals surface area contributed by atoms with Crippen LogP contribution in [0.15, 0.2) is 12.2 Å². The molecule has 3 heteroatoms. The number of methoxy groups -OCH3 is 1. The van der Waals surface area contributed by atoms with Crippen LogP contribution in [-0.4, -0.2) is 27.1 Å². The van der Waals surface area contributed by atoms with Crippen molar-refractivity contribution in [3.05, 3.63) is 12.2 Å². The van der Waals surface area contributed by atoms with Crippen LogP contribution in [0.5, 0.6) is 0 Å². The summed E-state index contributed by atoms with van der Waals surface area (Å²) in [6, 6.07) is 0. The summed E-state index contributed by atoms with van der Waals surface area (Å²) in [4.78, 5) is 0. The highest BCUT2D eigenvalue weighted by Gasteiger charge is 2.91. The van der Waals surface area contributed by atoms with E-state index in [4.69, 9.17) is 9.16 Å². The molecule has 0 aromatic heterocycles. The molecular weight excluding hydrogens is 288 g/mol. The molecule has 4 aliphatic carbocycles. The van der Waals surface area contributed by atoms with Gasteiger partial charge < -0.3 is 9.16 Å². The third-order valence-corrected chi connectivity index (χ3v) is 12.7. The maximum atomic E-state index is 6.97. The van der Waals surface area contributed by atoms with Crippen molar-refractivity contribution < 1.29 is 9.16 Å². The second kappa shape index (κ2) is 4.10. The molecule has 22 heavy (non-hydrogen) atoms. The first-order valence-corrected chi connectivity index (χ1v) is 12.0. The van der Waals surface area contributed by atoms with Crippen LogP contribution in [0.4, 0.5) is 0 Å². The van der Waals surface area contributed by atoms with Gasteiger partial charge in [0.1, 0.15) is 0 Å². The normalized spacial score (nSPS) is 52.0. The third kappa shape index (κ3) is 1.37. The van der Waals surface area contributed by atoms with Crippen molar-refractivity contribution in [1.82, 2.24) is 0 Å². The fourth-order valence-corrected chi connectivity index (χ4v) is 7.76. The largest absolute Gasteiger partial charge is 0.413 e. The minimum atomic E-state index is -1.73. The maximum Gasteiger partial charge on any atom is 0.192 e. The summed E-state index contributed by atoms with van der Waals surface area (Å²) in [5, 5.41) is 0.283. The summed E-state index contributed by atoms with van der Waals surface area (Å²) < 4.78 is 13.2. The fraction of sp³-hybridized carbons (Fsp3) is 0.895. The Morgan fingerprint density at radius 2 is 1.82 bits per heavy atom. The van der Waals surface area contributed by atoms with Crippen LogP contribution < -0.4 is 0 Å². The molecule has 0 aliphatic heterocycles. The van der Waals surface area contributed by atoms with Gasteiger partial charge in [0.25, 0.3) is 0 Å². The zero-order valence-electron chi connectivity index (χ0n) is 15.3. The van der Waals surface area contributed by atoms with Crippen LogP contribution in [0, 0.1) is 29.1 Å². The molecule has 0 amide bonds. The van der Waals surface area contributed by atoms with E-state index < -0.39 is 8.32 Å². The summed E-state index contributed by atoms with van der Waals surface area (Å²) in [7, 11) is 0.218. The molecule has 4 rings (SSSR count). The van der Waals surface area contributed by atoms with Crippen LogP contribution in [0.2, 0.25) is 18.1 Å². The Bertz CT molecular complexity index is 534. The van der Waals surface area contributed by atoms with Gasteiger partial charge in [0.05, 0.1) is 11.7 Å². The van der Waals surface area contributed by atoms with E-state index >= 15 is 0 Å². The molecule has 0 saturated heterocycles. The van der Waals surface area contributed by atoms with Crippen molar-refractivity contribution in [2.75, 3.05) is 7.11 Å². The highest BCUT2D eigenvalue weighted by Crippen LogP contribution is 2.86. The van der Waals surface area contributed by atoms with Crippen molar-refractivity contribution in [2.45, 2.75) is 70.4 Å². The van der Waals surface area contributed by atoms with Crippen molar-refractivity contribution in [3.63, 3.8) is 0 Å². The molecule has 0 heterocycles. The van der Waals surface area contributed by atoms with Gasteiger partial charge in [0.2, 0.25) is 0 Å². The van der Waals surface area contributed by atoms with E-state index in [0.717, 1.165) is 11.8 Å². The van der Waals surface area contributed by atoms with E-state index in [-0.39, 0.29) is 10.6 Å². The minimum Gasteiger partial charge on any atom is -0.413 e. The number of hydrogen-bond acceptors (Lipinski definition) is 2. The van der Waals surface area contributed by atoms with Crippen LogP contribution in [0.25, 0.3) is 0 Å². The Morgan fingerprint density at radius 1 is 1.14 bits per heavy atom. The molecular formula is C19H32O2Si. The molecule has 3 fully saturated rings. The van der Waals surface area contributed by atoms with E-state index in [9.17, 15) is 0 Å². The zero-order valence-corrected chi connectivity index (χ0v) is 16.3. The quantitative estimate of drug-likeness (QED) is 0.558.